The van der Waals surface area contributed by atoms with Gasteiger partial charge >= 0.3 is 0 Å². The van der Waals surface area contributed by atoms with Crippen LogP contribution in [-0.4, -0.2) is 34.7 Å². The number of nitrogens with zero attached hydrogens (tertiary/aromatic N) is 3. The van der Waals surface area contributed by atoms with Gasteiger partial charge in [-0.05, 0) is 5.56 Å². The Morgan fingerprint density at radius 3 is 2.87 bits per heavy atom. The number of anilines is 1. The van der Waals surface area contributed by atoms with Crippen molar-refractivity contribution in [2.45, 2.75) is 12.5 Å². The SMILES string of the molecule is O=C(NCCNc1cnccn1)C1=NOC(c2ccccc2)C1. The second-order valence-electron chi connectivity index (χ2n) is 5.02. The quantitative estimate of drug-likeness (QED) is 0.790. The largest absolute Gasteiger partial charge is 0.387 e. The molecule has 1 aliphatic heterocycles. The number of benzene rings is 1. The molecule has 2 N–H and O–H groups in total. The van der Waals surface area contributed by atoms with Crippen molar-refractivity contribution in [2.24, 2.45) is 5.16 Å². The summed E-state index contributed by atoms with van der Waals surface area (Å²) in [6.45, 7) is 1.02. The maximum absolute atomic E-state index is 12.1. The number of carbonyl (C=O) groups excluding carboxylic acids is 1. The molecule has 0 aliphatic carbocycles. The molecule has 1 amide bonds. The van der Waals surface area contributed by atoms with E-state index >= 15 is 0 Å². The van der Waals surface area contributed by atoms with Crippen molar-refractivity contribution in [1.29, 1.82) is 0 Å². The minimum absolute atomic E-state index is 0.185. The Bertz CT molecular complexity index is 675. The predicted octanol–water partition coefficient (Wildman–Crippen LogP) is 1.52. The highest BCUT2D eigenvalue weighted by Gasteiger charge is 2.26. The van der Waals surface area contributed by atoms with Gasteiger partial charge in [-0.2, -0.15) is 0 Å². The molecule has 1 aliphatic rings. The van der Waals surface area contributed by atoms with E-state index in [-0.39, 0.29) is 12.0 Å². The van der Waals surface area contributed by atoms with Crippen molar-refractivity contribution in [2.75, 3.05) is 18.4 Å². The molecule has 2 heterocycles. The highest BCUT2D eigenvalue weighted by molar-refractivity contribution is 6.39. The molecule has 23 heavy (non-hydrogen) atoms. The molecule has 0 saturated heterocycles. The van der Waals surface area contributed by atoms with Crippen LogP contribution in [0.15, 0.2) is 54.1 Å². The normalized spacial score (nSPS) is 16.3. The Labute approximate surface area is 133 Å². The maximum atomic E-state index is 12.1. The molecule has 1 aromatic carbocycles. The van der Waals surface area contributed by atoms with E-state index in [1.54, 1.807) is 18.6 Å². The van der Waals surface area contributed by atoms with E-state index in [0.717, 1.165) is 5.56 Å². The van der Waals surface area contributed by atoms with Gasteiger partial charge in [-0.15, -0.1) is 0 Å². The lowest BCUT2D eigenvalue weighted by Crippen LogP contribution is -2.34. The zero-order chi connectivity index (χ0) is 15.9. The predicted molar refractivity (Wildman–Crippen MR) is 85.9 cm³/mol. The van der Waals surface area contributed by atoms with E-state index in [9.17, 15) is 4.79 Å². The van der Waals surface area contributed by atoms with Crippen LogP contribution in [0.4, 0.5) is 5.82 Å². The third-order valence-electron chi connectivity index (χ3n) is 3.38. The summed E-state index contributed by atoms with van der Waals surface area (Å²) in [5.41, 5.74) is 1.43. The first kappa shape index (κ1) is 15.0. The van der Waals surface area contributed by atoms with Crippen LogP contribution < -0.4 is 10.6 Å². The highest BCUT2D eigenvalue weighted by Crippen LogP contribution is 2.26. The summed E-state index contributed by atoms with van der Waals surface area (Å²) >= 11 is 0. The molecule has 7 heteroatoms. The molecule has 1 aromatic heterocycles. The van der Waals surface area contributed by atoms with Crippen LogP contribution in [0.5, 0.6) is 0 Å². The van der Waals surface area contributed by atoms with Gasteiger partial charge in [0.1, 0.15) is 11.5 Å². The lowest BCUT2D eigenvalue weighted by atomic mass is 10.0. The zero-order valence-corrected chi connectivity index (χ0v) is 12.5. The zero-order valence-electron chi connectivity index (χ0n) is 12.5. The molecule has 0 spiro atoms. The smallest absolute Gasteiger partial charge is 0.269 e. The molecule has 2 aromatic rings. The summed E-state index contributed by atoms with van der Waals surface area (Å²) in [6, 6.07) is 9.75. The van der Waals surface area contributed by atoms with E-state index in [4.69, 9.17) is 4.84 Å². The summed E-state index contributed by atoms with van der Waals surface area (Å²) in [5, 5.41) is 9.76. The number of hydrogen-bond donors (Lipinski definition) is 2. The lowest BCUT2D eigenvalue weighted by Gasteiger charge is -2.08. The molecular formula is C16H17N5O2. The van der Waals surface area contributed by atoms with Crippen LogP contribution in [0.2, 0.25) is 0 Å². The summed E-state index contributed by atoms with van der Waals surface area (Å²) in [4.78, 5) is 25.4. The average molecular weight is 311 g/mol. The number of amides is 1. The van der Waals surface area contributed by atoms with Crippen molar-refractivity contribution in [1.82, 2.24) is 15.3 Å². The van der Waals surface area contributed by atoms with E-state index in [1.165, 1.54) is 0 Å². The molecule has 3 rings (SSSR count). The van der Waals surface area contributed by atoms with Crippen LogP contribution in [0.1, 0.15) is 18.1 Å². The van der Waals surface area contributed by atoms with Gasteiger partial charge in [-0.25, -0.2) is 4.98 Å². The summed E-state index contributed by atoms with van der Waals surface area (Å²) < 4.78 is 0. The average Bonchev–Trinajstić information content (AvgIpc) is 3.10. The molecule has 1 atom stereocenters. The van der Waals surface area contributed by atoms with Crippen LogP contribution in [0.25, 0.3) is 0 Å². The topological polar surface area (TPSA) is 88.5 Å². The first-order valence-corrected chi connectivity index (χ1v) is 7.38. The molecule has 0 fully saturated rings. The monoisotopic (exact) mass is 311 g/mol. The fraction of sp³-hybridized carbons (Fsp3) is 0.250. The Balaban J connectivity index is 1.41. The van der Waals surface area contributed by atoms with Crippen LogP contribution in [0, 0.1) is 0 Å². The standard InChI is InChI=1S/C16H17N5O2/c22-16(20-9-8-19-15-11-17-6-7-18-15)13-10-14(23-21-13)12-4-2-1-3-5-12/h1-7,11,14H,8-10H2,(H,18,19)(H,20,22). The number of hydrogen-bond acceptors (Lipinski definition) is 6. The third-order valence-corrected chi connectivity index (χ3v) is 3.38. The van der Waals surface area contributed by atoms with Gasteiger partial charge in [0.05, 0.1) is 6.20 Å². The van der Waals surface area contributed by atoms with Crippen LogP contribution >= 0.6 is 0 Å². The van der Waals surface area contributed by atoms with Gasteiger partial charge in [-0.3, -0.25) is 9.78 Å². The first-order valence-electron chi connectivity index (χ1n) is 7.38. The third kappa shape index (κ3) is 4.03. The Kier molecular flexibility index (Phi) is 4.78. The number of aromatic nitrogens is 2. The number of rotatable bonds is 6. The van der Waals surface area contributed by atoms with Crippen molar-refractivity contribution >= 4 is 17.4 Å². The second-order valence-corrected chi connectivity index (χ2v) is 5.02. The number of carbonyl (C=O) groups is 1. The van der Waals surface area contributed by atoms with Gasteiger partial charge in [0.2, 0.25) is 0 Å². The molecule has 118 valence electrons. The summed E-state index contributed by atoms with van der Waals surface area (Å²) in [6.07, 6.45) is 5.13. The van der Waals surface area contributed by atoms with Gasteiger partial charge in [0, 0.05) is 31.9 Å². The lowest BCUT2D eigenvalue weighted by molar-refractivity contribution is -0.114. The highest BCUT2D eigenvalue weighted by atomic mass is 16.6. The molecule has 7 nitrogen and oxygen atoms in total. The molecule has 1 unspecified atom stereocenters. The Morgan fingerprint density at radius 2 is 2.09 bits per heavy atom. The molecule has 0 radical (unpaired) electrons. The second kappa shape index (κ2) is 7.35. The van der Waals surface area contributed by atoms with Gasteiger partial charge in [-0.1, -0.05) is 35.5 Å². The summed E-state index contributed by atoms with van der Waals surface area (Å²) in [7, 11) is 0. The number of nitrogens with one attached hydrogen (secondary N) is 2. The number of oxime groups is 1. The van der Waals surface area contributed by atoms with Crippen molar-refractivity contribution in [3.8, 4) is 0 Å². The summed E-state index contributed by atoms with van der Waals surface area (Å²) in [5.74, 6) is 0.469. The Morgan fingerprint density at radius 1 is 1.22 bits per heavy atom. The molecule has 0 bridgehead atoms. The first-order chi connectivity index (χ1) is 11.3. The molecule has 0 saturated carbocycles. The molecular weight excluding hydrogens is 294 g/mol. The van der Waals surface area contributed by atoms with Crippen molar-refractivity contribution in [3.63, 3.8) is 0 Å². The Hall–Kier alpha value is -2.96. The van der Waals surface area contributed by atoms with Crippen LogP contribution in [-0.2, 0) is 9.63 Å². The van der Waals surface area contributed by atoms with E-state index in [2.05, 4.69) is 25.8 Å². The van der Waals surface area contributed by atoms with Crippen molar-refractivity contribution < 1.29 is 9.63 Å². The fourth-order valence-electron chi connectivity index (χ4n) is 2.22. The minimum atomic E-state index is -0.204. The van der Waals surface area contributed by atoms with Gasteiger partial charge in [0.25, 0.3) is 5.91 Å². The van der Waals surface area contributed by atoms with Gasteiger partial charge in [0.15, 0.2) is 6.10 Å². The van der Waals surface area contributed by atoms with Crippen molar-refractivity contribution in [3.05, 3.63) is 54.5 Å². The maximum Gasteiger partial charge on any atom is 0.269 e. The fourth-order valence-corrected chi connectivity index (χ4v) is 2.22. The van der Waals surface area contributed by atoms with E-state index in [1.807, 2.05) is 30.3 Å². The minimum Gasteiger partial charge on any atom is -0.387 e. The van der Waals surface area contributed by atoms with Gasteiger partial charge < -0.3 is 15.5 Å². The van der Waals surface area contributed by atoms with Crippen LogP contribution in [0.3, 0.4) is 0 Å². The van der Waals surface area contributed by atoms with E-state index < -0.39 is 0 Å². The van der Waals surface area contributed by atoms with E-state index in [0.29, 0.717) is 31.0 Å².